The summed E-state index contributed by atoms with van der Waals surface area (Å²) in [6.45, 7) is 5.97. The number of aromatic nitrogens is 1. The van der Waals surface area contributed by atoms with Crippen molar-refractivity contribution in [1.82, 2.24) is 10.3 Å². The standard InChI is InChI=1S/C28H22N4O5S/c1-15-12-22-25(13-16(15)2)37-27(29-22)20-8-5-9-21(17(20)3)30-28(38)31-26(33)24-11-10-23(36-24)18-6-4-7-19(14-18)32(34)35/h4-14H,1-3H3,(H2,30,31,33,38). The third-order valence-corrected chi connectivity index (χ3v) is 6.42. The highest BCUT2D eigenvalue weighted by atomic mass is 32.1. The molecule has 9 nitrogen and oxygen atoms in total. The van der Waals surface area contributed by atoms with Gasteiger partial charge in [0.25, 0.3) is 11.6 Å². The van der Waals surface area contributed by atoms with Crippen LogP contribution in [0.5, 0.6) is 0 Å². The van der Waals surface area contributed by atoms with Crippen molar-refractivity contribution in [3.05, 3.63) is 99.3 Å². The lowest BCUT2D eigenvalue weighted by Crippen LogP contribution is -2.34. The molecule has 2 aromatic heterocycles. The Morgan fingerprint density at radius 3 is 2.53 bits per heavy atom. The number of nitro groups is 1. The van der Waals surface area contributed by atoms with Gasteiger partial charge in [0.15, 0.2) is 16.5 Å². The van der Waals surface area contributed by atoms with Crippen LogP contribution in [0.25, 0.3) is 33.9 Å². The smallest absolute Gasteiger partial charge is 0.293 e. The molecule has 0 aliphatic heterocycles. The number of thiocarbonyl (C=S) groups is 1. The van der Waals surface area contributed by atoms with E-state index in [2.05, 4.69) is 15.6 Å². The maximum Gasteiger partial charge on any atom is 0.293 e. The molecule has 5 aromatic rings. The number of nitro benzene ring substituents is 1. The fourth-order valence-electron chi connectivity index (χ4n) is 4.00. The van der Waals surface area contributed by atoms with Crippen molar-refractivity contribution < 1.29 is 18.6 Å². The number of carbonyl (C=O) groups excluding carboxylic acids is 1. The van der Waals surface area contributed by atoms with Crippen molar-refractivity contribution in [2.45, 2.75) is 20.8 Å². The minimum absolute atomic E-state index is 0.0122. The molecular weight excluding hydrogens is 504 g/mol. The number of amides is 1. The number of nitrogens with zero attached hydrogens (tertiary/aromatic N) is 2. The van der Waals surface area contributed by atoms with Crippen LogP contribution < -0.4 is 10.6 Å². The van der Waals surface area contributed by atoms with Gasteiger partial charge in [-0.1, -0.05) is 18.2 Å². The number of furan rings is 1. The lowest BCUT2D eigenvalue weighted by molar-refractivity contribution is -0.384. The van der Waals surface area contributed by atoms with Gasteiger partial charge in [-0.25, -0.2) is 4.98 Å². The van der Waals surface area contributed by atoms with Gasteiger partial charge >= 0.3 is 0 Å². The molecule has 0 aliphatic carbocycles. The molecule has 0 bridgehead atoms. The van der Waals surface area contributed by atoms with E-state index in [-0.39, 0.29) is 16.6 Å². The third kappa shape index (κ3) is 4.89. The Hall–Kier alpha value is -4.83. The van der Waals surface area contributed by atoms with Crippen molar-refractivity contribution in [2.24, 2.45) is 0 Å². The minimum atomic E-state index is -0.558. The number of benzene rings is 3. The van der Waals surface area contributed by atoms with Gasteiger partial charge in [0.2, 0.25) is 5.89 Å². The van der Waals surface area contributed by atoms with Gasteiger partial charge in [-0.05, 0) is 86.1 Å². The Balaban J connectivity index is 1.31. The summed E-state index contributed by atoms with van der Waals surface area (Å²) in [6.07, 6.45) is 0. The predicted molar refractivity (Wildman–Crippen MR) is 148 cm³/mol. The van der Waals surface area contributed by atoms with Crippen LogP contribution in [0.15, 0.2) is 75.6 Å². The number of fused-ring (bicyclic) bond motifs is 1. The molecule has 0 atom stereocenters. The third-order valence-electron chi connectivity index (χ3n) is 6.21. The zero-order valence-electron chi connectivity index (χ0n) is 20.7. The fraction of sp³-hybridized carbons (Fsp3) is 0.107. The number of oxazole rings is 1. The highest BCUT2D eigenvalue weighted by Crippen LogP contribution is 2.31. The van der Waals surface area contributed by atoms with E-state index in [0.717, 1.165) is 27.8 Å². The number of anilines is 1. The molecule has 1 amide bonds. The second kappa shape index (κ2) is 9.91. The molecule has 3 aromatic carbocycles. The van der Waals surface area contributed by atoms with Gasteiger partial charge in [-0.15, -0.1) is 0 Å². The van der Waals surface area contributed by atoms with Crippen molar-refractivity contribution in [2.75, 3.05) is 5.32 Å². The Bertz CT molecular complexity index is 1700. The molecule has 0 fully saturated rings. The summed E-state index contributed by atoms with van der Waals surface area (Å²) in [5.41, 5.74) is 6.49. The van der Waals surface area contributed by atoms with E-state index in [1.807, 2.05) is 51.1 Å². The van der Waals surface area contributed by atoms with Crippen LogP contribution in [0.2, 0.25) is 0 Å². The zero-order chi connectivity index (χ0) is 27.0. The zero-order valence-corrected chi connectivity index (χ0v) is 21.5. The van der Waals surface area contributed by atoms with E-state index in [1.54, 1.807) is 18.2 Å². The molecule has 0 unspecified atom stereocenters. The van der Waals surface area contributed by atoms with Gasteiger partial charge in [0.05, 0.1) is 4.92 Å². The lowest BCUT2D eigenvalue weighted by atomic mass is 10.1. The molecule has 2 heterocycles. The van der Waals surface area contributed by atoms with Crippen LogP contribution in [-0.4, -0.2) is 20.9 Å². The number of carbonyl (C=O) groups is 1. The monoisotopic (exact) mass is 526 g/mol. The quantitative estimate of drug-likeness (QED) is 0.147. The molecule has 0 saturated heterocycles. The van der Waals surface area contributed by atoms with Gasteiger partial charge in [0.1, 0.15) is 11.3 Å². The molecule has 10 heteroatoms. The number of aryl methyl sites for hydroxylation is 2. The average Bonchev–Trinajstić information content (AvgIpc) is 3.53. The molecule has 0 saturated carbocycles. The minimum Gasteiger partial charge on any atom is -0.451 e. The topological polar surface area (TPSA) is 123 Å². The van der Waals surface area contributed by atoms with E-state index in [0.29, 0.717) is 28.5 Å². The fourth-order valence-corrected chi connectivity index (χ4v) is 4.21. The number of rotatable bonds is 5. The summed E-state index contributed by atoms with van der Waals surface area (Å²) in [5, 5.41) is 16.8. The van der Waals surface area contributed by atoms with Crippen molar-refractivity contribution >= 4 is 45.7 Å². The second-order valence-electron chi connectivity index (χ2n) is 8.78. The number of hydrogen-bond acceptors (Lipinski definition) is 7. The van der Waals surface area contributed by atoms with Crippen molar-refractivity contribution in [1.29, 1.82) is 0 Å². The maximum absolute atomic E-state index is 12.7. The normalized spacial score (nSPS) is 10.9. The maximum atomic E-state index is 12.7. The largest absolute Gasteiger partial charge is 0.451 e. The van der Waals surface area contributed by atoms with Gasteiger partial charge in [-0.3, -0.25) is 20.2 Å². The second-order valence-corrected chi connectivity index (χ2v) is 9.19. The summed E-state index contributed by atoms with van der Waals surface area (Å²) in [4.78, 5) is 27.9. The van der Waals surface area contributed by atoms with Crippen LogP contribution in [0.1, 0.15) is 27.2 Å². The van der Waals surface area contributed by atoms with Crippen LogP contribution in [0.3, 0.4) is 0 Å². The molecule has 0 radical (unpaired) electrons. The van der Waals surface area contributed by atoms with E-state index in [9.17, 15) is 14.9 Å². The summed E-state index contributed by atoms with van der Waals surface area (Å²) >= 11 is 5.36. The first-order valence-corrected chi connectivity index (χ1v) is 12.0. The highest BCUT2D eigenvalue weighted by Gasteiger charge is 2.17. The molecule has 0 spiro atoms. The van der Waals surface area contributed by atoms with E-state index < -0.39 is 10.8 Å². The van der Waals surface area contributed by atoms with Gasteiger partial charge < -0.3 is 14.2 Å². The summed E-state index contributed by atoms with van der Waals surface area (Å²) in [6, 6.07) is 18.6. The number of hydrogen-bond donors (Lipinski definition) is 2. The summed E-state index contributed by atoms with van der Waals surface area (Å²) < 4.78 is 11.6. The molecule has 5 rings (SSSR count). The highest BCUT2D eigenvalue weighted by molar-refractivity contribution is 7.80. The Labute approximate surface area is 222 Å². The SMILES string of the molecule is Cc1cc2nc(-c3cccc(NC(=S)NC(=O)c4ccc(-c5cccc([N+](=O)[O-])c5)o4)c3C)oc2cc1C. The van der Waals surface area contributed by atoms with Crippen LogP contribution in [-0.2, 0) is 0 Å². The van der Waals surface area contributed by atoms with Gasteiger partial charge in [0, 0.05) is 28.9 Å². The Morgan fingerprint density at radius 1 is 0.974 bits per heavy atom. The Morgan fingerprint density at radius 2 is 1.74 bits per heavy atom. The molecular formula is C28H22N4O5S. The molecule has 38 heavy (non-hydrogen) atoms. The lowest BCUT2D eigenvalue weighted by Gasteiger charge is -2.13. The van der Waals surface area contributed by atoms with E-state index >= 15 is 0 Å². The number of nitrogens with one attached hydrogen (secondary N) is 2. The van der Waals surface area contributed by atoms with E-state index in [1.165, 1.54) is 18.2 Å². The van der Waals surface area contributed by atoms with Crippen molar-refractivity contribution in [3.8, 4) is 22.8 Å². The average molecular weight is 527 g/mol. The molecule has 0 aliphatic rings. The van der Waals surface area contributed by atoms with Crippen LogP contribution in [0, 0.1) is 30.9 Å². The predicted octanol–water partition coefficient (Wildman–Crippen LogP) is 6.72. The van der Waals surface area contributed by atoms with Crippen LogP contribution in [0.4, 0.5) is 11.4 Å². The first-order chi connectivity index (χ1) is 18.2. The number of non-ortho nitro benzene ring substituents is 1. The van der Waals surface area contributed by atoms with Gasteiger partial charge in [-0.2, -0.15) is 0 Å². The first-order valence-electron chi connectivity index (χ1n) is 11.6. The van der Waals surface area contributed by atoms with Crippen LogP contribution >= 0.6 is 12.2 Å². The summed E-state index contributed by atoms with van der Waals surface area (Å²) in [5.74, 6) is 0.270. The van der Waals surface area contributed by atoms with Crippen molar-refractivity contribution in [3.63, 3.8) is 0 Å². The van der Waals surface area contributed by atoms with E-state index in [4.69, 9.17) is 21.1 Å². The molecule has 2 N–H and O–H groups in total. The molecule has 190 valence electrons. The Kier molecular flexibility index (Phi) is 6.48. The first kappa shape index (κ1) is 24.8. The summed E-state index contributed by atoms with van der Waals surface area (Å²) in [7, 11) is 0.